The molecule has 0 aliphatic carbocycles. The predicted molar refractivity (Wildman–Crippen MR) is 48.1 cm³/mol. The maximum Gasteiger partial charge on any atom is 0.266 e. The molecule has 5 heteroatoms. The van der Waals surface area contributed by atoms with E-state index in [1.54, 1.807) is 20.8 Å². The standard InChI is InChI=1S/C4H10O.CCl4/c1-4(2,3)5;2-1(3,4)5/h5H,1-3H3;. The van der Waals surface area contributed by atoms with Crippen molar-refractivity contribution < 1.29 is 5.11 Å². The highest BCUT2D eigenvalue weighted by atomic mass is 35.6. The second kappa shape index (κ2) is 4.89. The molecule has 0 radical (unpaired) electrons. The lowest BCUT2D eigenvalue weighted by atomic mass is 10.2. The van der Waals surface area contributed by atoms with E-state index in [1.165, 1.54) is 0 Å². The fourth-order valence-electron chi connectivity index (χ4n) is 0. The van der Waals surface area contributed by atoms with Crippen LogP contribution in [0.2, 0.25) is 0 Å². The molecule has 0 heterocycles. The molecule has 0 rings (SSSR count). The van der Waals surface area contributed by atoms with Gasteiger partial charge in [-0.2, -0.15) is 0 Å². The Morgan fingerprint density at radius 3 is 0.900 bits per heavy atom. The Kier molecular flexibility index (Phi) is 6.70. The predicted octanol–water partition coefficient (Wildman–Crippen LogP) is 3.33. The van der Waals surface area contributed by atoms with E-state index < -0.39 is 8.85 Å². The van der Waals surface area contributed by atoms with E-state index in [0.717, 1.165) is 0 Å². The van der Waals surface area contributed by atoms with Crippen molar-refractivity contribution in [2.24, 2.45) is 0 Å². The Morgan fingerprint density at radius 1 is 0.900 bits per heavy atom. The third-order valence-corrected chi connectivity index (χ3v) is 0. The molecule has 0 fully saturated rings. The van der Waals surface area contributed by atoms with E-state index in [1.807, 2.05) is 0 Å². The van der Waals surface area contributed by atoms with Crippen molar-refractivity contribution in [2.75, 3.05) is 0 Å². The molecular formula is C5H10Cl4O. The smallest absolute Gasteiger partial charge is 0.266 e. The minimum atomic E-state index is -1.61. The van der Waals surface area contributed by atoms with E-state index in [0.29, 0.717) is 0 Å². The summed E-state index contributed by atoms with van der Waals surface area (Å²) in [6, 6.07) is 0. The first-order valence-corrected chi connectivity index (χ1v) is 3.99. The summed E-state index contributed by atoms with van der Waals surface area (Å²) in [6.45, 7) is 5.23. The summed E-state index contributed by atoms with van der Waals surface area (Å²) < 4.78 is -1.61. The molecule has 0 amide bonds. The van der Waals surface area contributed by atoms with Gasteiger partial charge in [-0.3, -0.25) is 0 Å². The first-order valence-electron chi connectivity index (χ1n) is 2.48. The first-order chi connectivity index (χ1) is 4.00. The average Bonchev–Trinajstić information content (AvgIpc) is 1.12. The second-order valence-electron chi connectivity index (χ2n) is 2.60. The highest BCUT2D eigenvalue weighted by Gasteiger charge is 2.11. The van der Waals surface area contributed by atoms with Gasteiger partial charge in [-0.25, -0.2) is 0 Å². The van der Waals surface area contributed by atoms with Gasteiger partial charge in [-0.05, 0) is 20.8 Å². The van der Waals surface area contributed by atoms with Crippen molar-refractivity contribution in [1.29, 1.82) is 0 Å². The van der Waals surface area contributed by atoms with Gasteiger partial charge in [0.1, 0.15) is 0 Å². The van der Waals surface area contributed by atoms with E-state index in [9.17, 15) is 0 Å². The van der Waals surface area contributed by atoms with Crippen molar-refractivity contribution in [2.45, 2.75) is 29.6 Å². The molecule has 0 spiro atoms. The quantitative estimate of drug-likeness (QED) is 0.630. The molecule has 0 saturated carbocycles. The van der Waals surface area contributed by atoms with Gasteiger partial charge in [-0.1, -0.05) is 46.4 Å². The fraction of sp³-hybridized carbons (Fsp3) is 1.00. The zero-order valence-electron chi connectivity index (χ0n) is 5.96. The Balaban J connectivity index is 0. The number of halogens is 4. The molecule has 10 heavy (non-hydrogen) atoms. The van der Waals surface area contributed by atoms with Gasteiger partial charge < -0.3 is 5.11 Å². The molecule has 0 aliphatic heterocycles. The van der Waals surface area contributed by atoms with Crippen molar-refractivity contribution in [1.82, 2.24) is 0 Å². The highest BCUT2D eigenvalue weighted by Crippen LogP contribution is 2.29. The van der Waals surface area contributed by atoms with Crippen molar-refractivity contribution >= 4 is 46.4 Å². The first kappa shape index (κ1) is 13.7. The van der Waals surface area contributed by atoms with Gasteiger partial charge >= 0.3 is 0 Å². The van der Waals surface area contributed by atoms with Gasteiger partial charge in [0, 0.05) is 0 Å². The van der Waals surface area contributed by atoms with E-state index in [2.05, 4.69) is 0 Å². The zero-order chi connectivity index (χ0) is 9.00. The summed E-state index contributed by atoms with van der Waals surface area (Å²) >= 11 is 19.3. The van der Waals surface area contributed by atoms with Gasteiger partial charge in [0.15, 0.2) is 0 Å². The fourth-order valence-corrected chi connectivity index (χ4v) is 0. The second-order valence-corrected chi connectivity index (χ2v) is 6.03. The molecule has 1 N–H and O–H groups in total. The SMILES string of the molecule is CC(C)(C)O.ClC(Cl)(Cl)Cl. The van der Waals surface area contributed by atoms with Gasteiger partial charge in [0.05, 0.1) is 5.60 Å². The molecule has 0 bridgehead atoms. The monoisotopic (exact) mass is 226 g/mol. The third kappa shape index (κ3) is 479. The van der Waals surface area contributed by atoms with Crippen LogP contribution in [-0.4, -0.2) is 14.0 Å². The summed E-state index contributed by atoms with van der Waals surface area (Å²) in [5, 5.41) is 8.52. The lowest BCUT2D eigenvalue weighted by Crippen LogP contribution is -2.10. The van der Waals surface area contributed by atoms with Crippen LogP contribution in [-0.2, 0) is 0 Å². The van der Waals surface area contributed by atoms with Gasteiger partial charge in [0.25, 0.3) is 3.25 Å². The van der Waals surface area contributed by atoms with Crippen LogP contribution in [0.4, 0.5) is 0 Å². The molecule has 0 saturated heterocycles. The molecule has 0 aromatic heterocycles. The molecule has 0 atom stereocenters. The van der Waals surface area contributed by atoms with E-state index in [-0.39, 0.29) is 0 Å². The largest absolute Gasteiger partial charge is 0.391 e. The zero-order valence-corrected chi connectivity index (χ0v) is 8.98. The van der Waals surface area contributed by atoms with Crippen LogP contribution in [0.1, 0.15) is 20.8 Å². The number of hydrogen-bond acceptors (Lipinski definition) is 1. The van der Waals surface area contributed by atoms with Crippen LogP contribution in [0, 0.1) is 0 Å². The minimum absolute atomic E-state index is 0.500. The van der Waals surface area contributed by atoms with Crippen LogP contribution in [0.15, 0.2) is 0 Å². The topological polar surface area (TPSA) is 20.2 Å². The average molecular weight is 228 g/mol. The van der Waals surface area contributed by atoms with Crippen molar-refractivity contribution in [3.05, 3.63) is 0 Å². The minimum Gasteiger partial charge on any atom is -0.391 e. The summed E-state index contributed by atoms with van der Waals surface area (Å²) in [5.41, 5.74) is -0.500. The lowest BCUT2D eigenvalue weighted by molar-refractivity contribution is 0.102. The van der Waals surface area contributed by atoms with E-state index in [4.69, 9.17) is 51.5 Å². The molecule has 0 aliphatic rings. The van der Waals surface area contributed by atoms with Crippen LogP contribution >= 0.6 is 46.4 Å². The number of aliphatic hydroxyl groups is 1. The number of alkyl halides is 4. The van der Waals surface area contributed by atoms with Crippen LogP contribution in [0.5, 0.6) is 0 Å². The summed E-state index contributed by atoms with van der Waals surface area (Å²) in [6.07, 6.45) is 0. The van der Waals surface area contributed by atoms with Crippen molar-refractivity contribution in [3.63, 3.8) is 0 Å². The van der Waals surface area contributed by atoms with E-state index >= 15 is 0 Å². The number of rotatable bonds is 0. The van der Waals surface area contributed by atoms with Gasteiger partial charge in [-0.15, -0.1) is 0 Å². The Hall–Kier alpha value is 1.12. The lowest BCUT2D eigenvalue weighted by Gasteiger charge is -2.04. The van der Waals surface area contributed by atoms with Crippen molar-refractivity contribution in [3.8, 4) is 0 Å². The van der Waals surface area contributed by atoms with Crippen LogP contribution in [0.25, 0.3) is 0 Å². The maximum absolute atomic E-state index is 8.52. The Bertz CT molecular complexity index is 56.6. The maximum atomic E-state index is 8.52. The summed E-state index contributed by atoms with van der Waals surface area (Å²) in [5.74, 6) is 0. The number of hydrogen-bond donors (Lipinski definition) is 1. The molecule has 64 valence electrons. The van der Waals surface area contributed by atoms with Crippen LogP contribution in [0.3, 0.4) is 0 Å². The van der Waals surface area contributed by atoms with Gasteiger partial charge in [0.2, 0.25) is 0 Å². The summed E-state index contributed by atoms with van der Waals surface area (Å²) in [4.78, 5) is 0. The molecule has 0 aromatic rings. The molecule has 1 nitrogen and oxygen atoms in total. The molecule has 0 aromatic carbocycles. The Labute approximate surface area is 81.2 Å². The normalized spacial score (nSPS) is 12.0. The Morgan fingerprint density at radius 2 is 0.900 bits per heavy atom. The van der Waals surface area contributed by atoms with Crippen LogP contribution < -0.4 is 0 Å². The molecule has 0 unspecified atom stereocenters. The third-order valence-electron chi connectivity index (χ3n) is 0. The summed E-state index contributed by atoms with van der Waals surface area (Å²) in [7, 11) is 0. The highest BCUT2D eigenvalue weighted by molar-refractivity contribution is 6.83. The molecular weight excluding hydrogens is 218 g/mol.